The summed E-state index contributed by atoms with van der Waals surface area (Å²) >= 11 is 1.68. The van der Waals surface area contributed by atoms with Crippen LogP contribution in [0.1, 0.15) is 11.3 Å². The number of thiazole rings is 1. The third-order valence-corrected chi connectivity index (χ3v) is 3.99. The number of aromatic nitrogens is 3. The Hall–Kier alpha value is -2.20. The number of hydrogen-bond acceptors (Lipinski definition) is 3. The van der Waals surface area contributed by atoms with Gasteiger partial charge in [0.2, 0.25) is 0 Å². The first-order chi connectivity index (χ1) is 9.38. The first-order valence-electron chi connectivity index (χ1n) is 6.13. The highest BCUT2D eigenvalue weighted by Gasteiger charge is 2.04. The zero-order chi connectivity index (χ0) is 12.7. The molecular formula is C15H11N3S. The van der Waals surface area contributed by atoms with Gasteiger partial charge in [-0.15, -0.1) is 11.3 Å². The average molecular weight is 265 g/mol. The van der Waals surface area contributed by atoms with Crippen LogP contribution in [0.15, 0.2) is 54.3 Å². The van der Waals surface area contributed by atoms with Gasteiger partial charge in [-0.05, 0) is 29.8 Å². The fourth-order valence-corrected chi connectivity index (χ4v) is 3.03. The van der Waals surface area contributed by atoms with Crippen LogP contribution in [0.4, 0.5) is 0 Å². The van der Waals surface area contributed by atoms with Crippen LogP contribution >= 0.6 is 11.3 Å². The third-order valence-electron chi connectivity index (χ3n) is 3.19. The summed E-state index contributed by atoms with van der Waals surface area (Å²) in [6.07, 6.45) is 4.97. The van der Waals surface area contributed by atoms with Crippen LogP contribution in [0.2, 0.25) is 0 Å². The fraction of sp³-hybridized carbons (Fsp3) is 0.0667. The number of fused-ring (bicyclic) bond motifs is 2. The Morgan fingerprint density at radius 1 is 1.16 bits per heavy atom. The molecular weight excluding hydrogens is 254 g/mol. The molecule has 4 rings (SSSR count). The number of imidazole rings is 1. The van der Waals surface area contributed by atoms with E-state index >= 15 is 0 Å². The van der Waals surface area contributed by atoms with Crippen molar-refractivity contribution in [2.24, 2.45) is 0 Å². The Bertz CT molecular complexity index is 827. The van der Waals surface area contributed by atoms with Crippen molar-refractivity contribution in [2.45, 2.75) is 6.42 Å². The van der Waals surface area contributed by atoms with Gasteiger partial charge < -0.3 is 4.40 Å². The Morgan fingerprint density at radius 2 is 2.16 bits per heavy atom. The van der Waals surface area contributed by atoms with Crippen molar-refractivity contribution in [1.29, 1.82) is 0 Å². The molecule has 0 atom stereocenters. The number of hydrogen-bond donors (Lipinski definition) is 0. The van der Waals surface area contributed by atoms with Crippen molar-refractivity contribution in [3.63, 3.8) is 0 Å². The quantitative estimate of drug-likeness (QED) is 0.555. The van der Waals surface area contributed by atoms with Crippen molar-refractivity contribution in [3.8, 4) is 0 Å². The van der Waals surface area contributed by atoms with Crippen molar-refractivity contribution in [2.75, 3.05) is 0 Å². The SMILES string of the molecule is c1ccn2cc(Cc3ccc4ncsc4c3)nc2c1. The molecule has 0 saturated carbocycles. The van der Waals surface area contributed by atoms with Crippen LogP contribution in [-0.2, 0) is 6.42 Å². The van der Waals surface area contributed by atoms with E-state index in [1.165, 1.54) is 10.3 Å². The molecule has 0 aliphatic heterocycles. The molecule has 0 radical (unpaired) electrons. The molecule has 0 N–H and O–H groups in total. The van der Waals surface area contributed by atoms with E-state index in [0.29, 0.717) is 0 Å². The highest BCUT2D eigenvalue weighted by Crippen LogP contribution is 2.20. The maximum atomic E-state index is 4.63. The van der Waals surface area contributed by atoms with Gasteiger partial charge in [-0.25, -0.2) is 9.97 Å². The fourth-order valence-electron chi connectivity index (χ4n) is 2.29. The van der Waals surface area contributed by atoms with Gasteiger partial charge in [0.05, 0.1) is 21.4 Å². The largest absolute Gasteiger partial charge is 0.307 e. The molecule has 0 fully saturated rings. The van der Waals surface area contributed by atoms with Crippen LogP contribution in [0.25, 0.3) is 15.9 Å². The maximum absolute atomic E-state index is 4.63. The molecule has 0 aliphatic rings. The van der Waals surface area contributed by atoms with Gasteiger partial charge in [-0.1, -0.05) is 12.1 Å². The van der Waals surface area contributed by atoms with Gasteiger partial charge >= 0.3 is 0 Å². The van der Waals surface area contributed by atoms with Crippen molar-refractivity contribution >= 4 is 27.2 Å². The minimum atomic E-state index is 0.857. The van der Waals surface area contributed by atoms with E-state index in [2.05, 4.69) is 38.8 Å². The Balaban J connectivity index is 1.72. The summed E-state index contributed by atoms with van der Waals surface area (Å²) in [5.41, 5.74) is 6.33. The molecule has 0 spiro atoms. The predicted octanol–water partition coefficient (Wildman–Crippen LogP) is 3.53. The van der Waals surface area contributed by atoms with Gasteiger partial charge in [0.25, 0.3) is 0 Å². The molecule has 0 aliphatic carbocycles. The highest BCUT2D eigenvalue weighted by atomic mass is 32.1. The number of pyridine rings is 1. The number of nitrogens with zero attached hydrogens (tertiary/aromatic N) is 3. The highest BCUT2D eigenvalue weighted by molar-refractivity contribution is 7.16. The number of rotatable bonds is 2. The first-order valence-corrected chi connectivity index (χ1v) is 7.01. The summed E-state index contributed by atoms with van der Waals surface area (Å²) in [4.78, 5) is 8.93. The maximum Gasteiger partial charge on any atom is 0.136 e. The smallest absolute Gasteiger partial charge is 0.136 e. The lowest BCUT2D eigenvalue weighted by atomic mass is 10.1. The molecule has 3 heterocycles. The van der Waals surface area contributed by atoms with E-state index in [0.717, 1.165) is 23.3 Å². The van der Waals surface area contributed by atoms with Gasteiger partial charge in [0.15, 0.2) is 0 Å². The van der Waals surface area contributed by atoms with Crippen molar-refractivity contribution in [1.82, 2.24) is 14.4 Å². The summed E-state index contributed by atoms with van der Waals surface area (Å²) in [7, 11) is 0. The Labute approximate surface area is 114 Å². The van der Waals surface area contributed by atoms with Crippen molar-refractivity contribution < 1.29 is 0 Å². The van der Waals surface area contributed by atoms with Gasteiger partial charge in [0, 0.05) is 18.8 Å². The van der Waals surface area contributed by atoms with Gasteiger partial charge in [-0.2, -0.15) is 0 Å². The second-order valence-electron chi connectivity index (χ2n) is 4.53. The zero-order valence-corrected chi connectivity index (χ0v) is 11.0. The molecule has 0 amide bonds. The van der Waals surface area contributed by atoms with E-state index in [1.807, 2.05) is 29.9 Å². The first kappa shape index (κ1) is 10.7. The zero-order valence-electron chi connectivity index (χ0n) is 10.2. The second-order valence-corrected chi connectivity index (χ2v) is 5.42. The van der Waals surface area contributed by atoms with Crippen molar-refractivity contribution in [3.05, 3.63) is 65.6 Å². The van der Waals surface area contributed by atoms with Crippen LogP contribution in [-0.4, -0.2) is 14.4 Å². The van der Waals surface area contributed by atoms with E-state index in [4.69, 9.17) is 0 Å². The standard InChI is InChI=1S/C15H11N3S/c1-2-6-18-9-12(17-15(18)3-1)7-11-4-5-13-14(8-11)19-10-16-13/h1-6,8-10H,7H2. The van der Waals surface area contributed by atoms with Crippen LogP contribution in [0.5, 0.6) is 0 Å². The van der Waals surface area contributed by atoms with Gasteiger partial charge in [0.1, 0.15) is 5.65 Å². The van der Waals surface area contributed by atoms with Crippen LogP contribution < -0.4 is 0 Å². The average Bonchev–Trinajstić information content (AvgIpc) is 3.03. The molecule has 3 nitrogen and oxygen atoms in total. The summed E-state index contributed by atoms with van der Waals surface area (Å²) in [5.74, 6) is 0. The lowest BCUT2D eigenvalue weighted by molar-refractivity contribution is 1.12. The molecule has 0 bridgehead atoms. The van der Waals surface area contributed by atoms with E-state index in [1.54, 1.807) is 11.3 Å². The molecule has 3 aromatic heterocycles. The summed E-state index contributed by atoms with van der Waals surface area (Å²) in [6, 6.07) is 12.5. The molecule has 4 heteroatoms. The topological polar surface area (TPSA) is 30.2 Å². The van der Waals surface area contributed by atoms with E-state index in [9.17, 15) is 0 Å². The Kier molecular flexibility index (Phi) is 2.35. The number of benzene rings is 1. The summed E-state index contributed by atoms with van der Waals surface area (Å²) < 4.78 is 3.29. The monoisotopic (exact) mass is 265 g/mol. The molecule has 4 aromatic rings. The Morgan fingerprint density at radius 3 is 3.11 bits per heavy atom. The minimum absolute atomic E-state index is 0.857. The molecule has 1 aromatic carbocycles. The van der Waals surface area contributed by atoms with E-state index < -0.39 is 0 Å². The lowest BCUT2D eigenvalue weighted by Gasteiger charge is -1.97. The van der Waals surface area contributed by atoms with Crippen LogP contribution in [0, 0.1) is 0 Å². The normalized spacial score (nSPS) is 11.4. The second kappa shape index (κ2) is 4.17. The van der Waals surface area contributed by atoms with E-state index in [-0.39, 0.29) is 0 Å². The summed E-state index contributed by atoms with van der Waals surface area (Å²) in [6.45, 7) is 0. The minimum Gasteiger partial charge on any atom is -0.307 e. The third kappa shape index (κ3) is 1.90. The summed E-state index contributed by atoms with van der Waals surface area (Å²) in [5, 5.41) is 0. The molecule has 0 unspecified atom stereocenters. The van der Waals surface area contributed by atoms with Crippen LogP contribution in [0.3, 0.4) is 0 Å². The lowest BCUT2D eigenvalue weighted by Crippen LogP contribution is -1.87. The predicted molar refractivity (Wildman–Crippen MR) is 77.6 cm³/mol. The molecule has 19 heavy (non-hydrogen) atoms. The molecule has 92 valence electrons. The van der Waals surface area contributed by atoms with Gasteiger partial charge in [-0.3, -0.25) is 0 Å². The molecule has 0 saturated heterocycles.